The molecule has 9 heteroatoms. The number of esters is 1. The molecule has 1 aromatic rings. The van der Waals surface area contributed by atoms with Crippen molar-refractivity contribution in [1.82, 2.24) is 4.72 Å². The molecule has 0 saturated heterocycles. The fraction of sp³-hybridized carbons (Fsp3) is 0.632. The van der Waals surface area contributed by atoms with Crippen molar-refractivity contribution in [2.75, 3.05) is 0 Å². The fourth-order valence-corrected chi connectivity index (χ4v) is 3.51. The molecule has 158 valence electrons. The first kappa shape index (κ1) is 24.3. The maximum atomic E-state index is 14.7. The third-order valence-corrected chi connectivity index (χ3v) is 5.68. The zero-order chi connectivity index (χ0) is 21.9. The molecule has 2 atom stereocenters. The number of carbonyl (C=O) groups is 1. The minimum Gasteiger partial charge on any atom is -0.598 e. The van der Waals surface area contributed by atoms with E-state index in [4.69, 9.17) is 4.74 Å². The Labute approximate surface area is 168 Å². The number of benzene rings is 1. The highest BCUT2D eigenvalue weighted by atomic mass is 32.2. The molecule has 0 unspecified atom stereocenters. The molecule has 1 N–H and O–H groups in total. The lowest BCUT2D eigenvalue weighted by molar-refractivity contribution is -0.385. The van der Waals surface area contributed by atoms with Crippen molar-refractivity contribution in [1.29, 1.82) is 0 Å². The van der Waals surface area contributed by atoms with Crippen LogP contribution in [0.15, 0.2) is 18.2 Å². The minimum atomic E-state index is -1.67. The van der Waals surface area contributed by atoms with Gasteiger partial charge in [0.05, 0.1) is 11.3 Å². The minimum absolute atomic E-state index is 0.0901. The molecule has 0 heterocycles. The highest BCUT2D eigenvalue weighted by Gasteiger charge is 2.44. The first-order valence-electron chi connectivity index (χ1n) is 8.97. The Morgan fingerprint density at radius 3 is 2.25 bits per heavy atom. The number of halogens is 1. The van der Waals surface area contributed by atoms with E-state index < -0.39 is 44.0 Å². The van der Waals surface area contributed by atoms with Crippen LogP contribution in [0.5, 0.6) is 0 Å². The van der Waals surface area contributed by atoms with Crippen LogP contribution >= 0.6 is 0 Å². The SMILES string of the molecule is CC[C@](CC(=O)OC(C)(C)C)(N[S@@+]([O-])C(C)(C)C)c1cc([N+](=O)[O-])ccc1F. The highest BCUT2D eigenvalue weighted by Crippen LogP contribution is 2.36. The van der Waals surface area contributed by atoms with Gasteiger partial charge in [-0.05, 0) is 54.0 Å². The predicted molar refractivity (Wildman–Crippen MR) is 107 cm³/mol. The summed E-state index contributed by atoms with van der Waals surface area (Å²) in [4.78, 5) is 23.1. The fourth-order valence-electron chi connectivity index (χ4n) is 2.52. The lowest BCUT2D eigenvalue weighted by Crippen LogP contribution is -2.53. The Bertz CT molecular complexity index is 730. The molecule has 28 heavy (non-hydrogen) atoms. The Balaban J connectivity index is 3.51. The quantitative estimate of drug-likeness (QED) is 0.310. The van der Waals surface area contributed by atoms with Crippen molar-refractivity contribution in [3.05, 3.63) is 39.7 Å². The molecule has 0 aliphatic carbocycles. The number of rotatable bonds is 7. The molecular formula is C19H29FN2O5S. The summed E-state index contributed by atoms with van der Waals surface area (Å²) in [5, 5.41) is 11.2. The van der Waals surface area contributed by atoms with Crippen LogP contribution in [0.3, 0.4) is 0 Å². The van der Waals surface area contributed by atoms with Crippen LogP contribution in [0.2, 0.25) is 0 Å². The molecule has 1 rings (SSSR count). The van der Waals surface area contributed by atoms with Crippen molar-refractivity contribution >= 4 is 23.0 Å². The Morgan fingerprint density at radius 2 is 1.82 bits per heavy atom. The summed E-state index contributed by atoms with van der Waals surface area (Å²) in [7, 11) is 0. The molecular weight excluding hydrogens is 387 g/mol. The maximum Gasteiger partial charge on any atom is 0.308 e. The van der Waals surface area contributed by atoms with E-state index in [1.807, 2.05) is 0 Å². The summed E-state index contributed by atoms with van der Waals surface area (Å²) in [5.41, 5.74) is -2.60. The third kappa shape index (κ3) is 6.42. The van der Waals surface area contributed by atoms with Crippen molar-refractivity contribution in [2.24, 2.45) is 0 Å². The Hall–Kier alpha value is -1.71. The molecule has 0 bridgehead atoms. The zero-order valence-electron chi connectivity index (χ0n) is 17.4. The number of nitrogens with one attached hydrogen (secondary N) is 1. The predicted octanol–water partition coefficient (Wildman–Crippen LogP) is 4.12. The van der Waals surface area contributed by atoms with Gasteiger partial charge in [0.25, 0.3) is 5.69 Å². The monoisotopic (exact) mass is 416 g/mol. The van der Waals surface area contributed by atoms with E-state index in [0.29, 0.717) is 0 Å². The van der Waals surface area contributed by atoms with E-state index >= 15 is 0 Å². The van der Waals surface area contributed by atoms with Gasteiger partial charge in [0.15, 0.2) is 0 Å². The molecule has 0 amide bonds. The van der Waals surface area contributed by atoms with Gasteiger partial charge in [-0.2, -0.15) is 0 Å². The number of nitro benzene ring substituents is 1. The summed E-state index contributed by atoms with van der Waals surface area (Å²) < 4.78 is 35.1. The van der Waals surface area contributed by atoms with Gasteiger partial charge >= 0.3 is 5.97 Å². The largest absolute Gasteiger partial charge is 0.598 e. The van der Waals surface area contributed by atoms with Crippen LogP contribution < -0.4 is 4.72 Å². The van der Waals surface area contributed by atoms with Crippen molar-refractivity contribution < 1.29 is 23.4 Å². The van der Waals surface area contributed by atoms with Gasteiger partial charge in [-0.15, -0.1) is 4.72 Å². The summed E-state index contributed by atoms with van der Waals surface area (Å²) in [6.07, 6.45) is -0.174. The number of hydrogen-bond acceptors (Lipinski definition) is 6. The first-order chi connectivity index (χ1) is 12.6. The van der Waals surface area contributed by atoms with Crippen LogP contribution in [0, 0.1) is 15.9 Å². The number of nitro groups is 1. The van der Waals surface area contributed by atoms with E-state index in [-0.39, 0.29) is 24.1 Å². The van der Waals surface area contributed by atoms with Gasteiger partial charge in [0.1, 0.15) is 21.7 Å². The van der Waals surface area contributed by atoms with E-state index in [1.165, 1.54) is 0 Å². The number of non-ortho nitro benzene ring substituents is 1. The number of hydrogen-bond donors (Lipinski definition) is 1. The molecule has 0 aliphatic rings. The summed E-state index contributed by atoms with van der Waals surface area (Å²) in [6, 6.07) is 3.11. The Kier molecular flexibility index (Phi) is 7.60. The second-order valence-corrected chi connectivity index (χ2v) is 10.6. The normalized spacial score (nSPS) is 15.6. The van der Waals surface area contributed by atoms with Crippen LogP contribution in [0.4, 0.5) is 10.1 Å². The van der Waals surface area contributed by atoms with E-state index in [2.05, 4.69) is 4.72 Å². The topological polar surface area (TPSA) is 105 Å². The smallest absolute Gasteiger partial charge is 0.308 e. The van der Waals surface area contributed by atoms with Crippen molar-refractivity contribution in [3.63, 3.8) is 0 Å². The molecule has 1 aromatic carbocycles. The van der Waals surface area contributed by atoms with Gasteiger partial charge in [-0.25, -0.2) is 4.39 Å². The molecule has 0 spiro atoms. The molecule has 0 aliphatic heterocycles. The summed E-state index contributed by atoms with van der Waals surface area (Å²) in [6.45, 7) is 12.0. The number of nitrogens with zero attached hydrogens (tertiary/aromatic N) is 1. The molecule has 0 radical (unpaired) electrons. The second-order valence-electron chi connectivity index (χ2n) is 8.60. The highest BCUT2D eigenvalue weighted by molar-refractivity contribution is 7.90. The molecule has 7 nitrogen and oxygen atoms in total. The lowest BCUT2D eigenvalue weighted by Gasteiger charge is -2.37. The van der Waals surface area contributed by atoms with E-state index in [9.17, 15) is 23.9 Å². The third-order valence-electron chi connectivity index (χ3n) is 3.99. The van der Waals surface area contributed by atoms with Crippen LogP contribution in [-0.4, -0.2) is 25.8 Å². The average molecular weight is 417 g/mol. The number of carbonyl (C=O) groups excluding carboxylic acids is 1. The van der Waals surface area contributed by atoms with Gasteiger partial charge in [-0.3, -0.25) is 14.9 Å². The number of ether oxygens (including phenoxy) is 1. The van der Waals surface area contributed by atoms with Gasteiger partial charge in [0.2, 0.25) is 0 Å². The lowest BCUT2D eigenvalue weighted by atomic mass is 9.84. The average Bonchev–Trinajstić information content (AvgIpc) is 2.51. The van der Waals surface area contributed by atoms with Crippen LogP contribution in [0.25, 0.3) is 0 Å². The summed E-state index contributed by atoms with van der Waals surface area (Å²) >= 11 is -1.67. The molecule has 0 fully saturated rings. The maximum absolute atomic E-state index is 14.7. The van der Waals surface area contributed by atoms with Crippen LogP contribution in [-0.2, 0) is 26.4 Å². The molecule has 0 saturated carbocycles. The van der Waals surface area contributed by atoms with Crippen LogP contribution in [0.1, 0.15) is 66.9 Å². The second kappa shape index (κ2) is 8.75. The van der Waals surface area contributed by atoms with Gasteiger partial charge in [0, 0.05) is 29.1 Å². The van der Waals surface area contributed by atoms with E-state index in [1.54, 1.807) is 48.5 Å². The van der Waals surface area contributed by atoms with Crippen molar-refractivity contribution in [3.8, 4) is 0 Å². The van der Waals surface area contributed by atoms with E-state index in [0.717, 1.165) is 18.2 Å². The van der Waals surface area contributed by atoms with Gasteiger partial charge in [-0.1, -0.05) is 6.92 Å². The summed E-state index contributed by atoms with van der Waals surface area (Å²) in [5.74, 6) is -1.35. The molecule has 0 aromatic heterocycles. The zero-order valence-corrected chi connectivity index (χ0v) is 18.2. The first-order valence-corrected chi connectivity index (χ1v) is 10.1. The Morgan fingerprint density at radius 1 is 1.25 bits per heavy atom. The van der Waals surface area contributed by atoms with Crippen molar-refractivity contribution in [2.45, 2.75) is 77.2 Å². The standard InChI is InChI=1S/C19H29FN2O5S/c1-8-19(21-28(26)18(5,6)7,12-16(23)27-17(2,3)4)14-11-13(22(24)25)9-10-15(14)20/h9-11,21H,8,12H2,1-7H3/t19-,28+/m1/s1. The van der Waals surface area contributed by atoms with Gasteiger partial charge < -0.3 is 9.29 Å².